The van der Waals surface area contributed by atoms with E-state index in [1.807, 2.05) is 12.4 Å². The van der Waals surface area contributed by atoms with Crippen LogP contribution in [0.25, 0.3) is 0 Å². The topological polar surface area (TPSA) is 24.7 Å². The smallest absolute Gasteiger partial charge is 0.0717 e. The van der Waals surface area contributed by atoms with Gasteiger partial charge in [-0.15, -0.1) is 0 Å². The van der Waals surface area contributed by atoms with Gasteiger partial charge in [-0.1, -0.05) is 48.0 Å². The van der Waals surface area contributed by atoms with E-state index in [2.05, 4.69) is 89.2 Å². The fourth-order valence-electron chi connectivity index (χ4n) is 3.20. The number of aryl methyl sites for hydroxylation is 5. The number of para-hydroxylation sites is 1. The van der Waals surface area contributed by atoms with Gasteiger partial charge >= 0.3 is 0 Å². The van der Waals surface area contributed by atoms with Crippen LogP contribution in [-0.4, -0.2) is 12.4 Å². The maximum absolute atomic E-state index is 4.78. The number of rotatable bonds is 4. The average molecular weight is 354 g/mol. The third-order valence-electron chi connectivity index (χ3n) is 4.83. The van der Waals surface area contributed by atoms with Crippen LogP contribution < -0.4 is 0 Å². The molecule has 3 aromatic rings. The Balaban J connectivity index is 1.99. The Labute approximate surface area is 162 Å². The van der Waals surface area contributed by atoms with Crippen LogP contribution in [0.3, 0.4) is 0 Å². The Morgan fingerprint density at radius 1 is 0.630 bits per heavy atom. The molecule has 2 nitrogen and oxygen atoms in total. The van der Waals surface area contributed by atoms with Gasteiger partial charge in [0.1, 0.15) is 0 Å². The fourth-order valence-corrected chi connectivity index (χ4v) is 3.20. The monoisotopic (exact) mass is 354 g/mol. The summed E-state index contributed by atoms with van der Waals surface area (Å²) in [5.74, 6) is 0. The summed E-state index contributed by atoms with van der Waals surface area (Å²) in [6, 6.07) is 18.9. The molecule has 0 saturated carbocycles. The molecule has 0 fully saturated rings. The molecule has 0 aliphatic carbocycles. The van der Waals surface area contributed by atoms with Crippen LogP contribution in [0.5, 0.6) is 0 Å². The first-order chi connectivity index (χ1) is 13.0. The Morgan fingerprint density at radius 3 is 1.85 bits per heavy atom. The SMILES string of the molecule is Cc1ccc(N=Cc2c(C)cccc2C)c(C=Nc2c(C)cccc2C)c1. The van der Waals surface area contributed by atoms with E-state index in [1.54, 1.807) is 0 Å². The maximum atomic E-state index is 4.78. The van der Waals surface area contributed by atoms with Gasteiger partial charge in [0.25, 0.3) is 0 Å². The molecule has 3 aromatic carbocycles. The van der Waals surface area contributed by atoms with Crippen molar-refractivity contribution in [2.45, 2.75) is 34.6 Å². The highest BCUT2D eigenvalue weighted by atomic mass is 14.8. The molecular formula is C25H26N2. The average Bonchev–Trinajstić information content (AvgIpc) is 2.62. The maximum Gasteiger partial charge on any atom is 0.0717 e. The Morgan fingerprint density at radius 2 is 1.22 bits per heavy atom. The lowest BCUT2D eigenvalue weighted by Crippen LogP contribution is -1.92. The second kappa shape index (κ2) is 8.13. The van der Waals surface area contributed by atoms with Crippen molar-refractivity contribution in [3.63, 3.8) is 0 Å². The van der Waals surface area contributed by atoms with E-state index in [0.29, 0.717) is 0 Å². The van der Waals surface area contributed by atoms with Gasteiger partial charge in [-0.25, -0.2) is 0 Å². The fraction of sp³-hybridized carbons (Fsp3) is 0.200. The molecule has 0 aliphatic heterocycles. The zero-order valence-electron chi connectivity index (χ0n) is 16.7. The zero-order valence-corrected chi connectivity index (χ0v) is 16.7. The molecule has 3 rings (SSSR count). The molecular weight excluding hydrogens is 328 g/mol. The van der Waals surface area contributed by atoms with Crippen molar-refractivity contribution in [1.29, 1.82) is 0 Å². The van der Waals surface area contributed by atoms with Crippen molar-refractivity contribution in [1.82, 2.24) is 0 Å². The van der Waals surface area contributed by atoms with Gasteiger partial charge in [0.2, 0.25) is 0 Å². The summed E-state index contributed by atoms with van der Waals surface area (Å²) in [4.78, 5) is 9.55. The molecule has 0 aliphatic rings. The van der Waals surface area contributed by atoms with Crippen LogP contribution >= 0.6 is 0 Å². The molecule has 2 heteroatoms. The van der Waals surface area contributed by atoms with Gasteiger partial charge in [-0.05, 0) is 74.6 Å². The Hall–Kier alpha value is -3.00. The van der Waals surface area contributed by atoms with E-state index in [9.17, 15) is 0 Å². The first-order valence-corrected chi connectivity index (χ1v) is 9.27. The number of benzene rings is 3. The predicted molar refractivity (Wildman–Crippen MR) is 118 cm³/mol. The van der Waals surface area contributed by atoms with E-state index >= 15 is 0 Å². The molecule has 0 spiro atoms. The summed E-state index contributed by atoms with van der Waals surface area (Å²) < 4.78 is 0. The predicted octanol–water partition coefficient (Wildman–Crippen LogP) is 6.73. The highest BCUT2D eigenvalue weighted by Crippen LogP contribution is 2.25. The van der Waals surface area contributed by atoms with Gasteiger partial charge in [0.05, 0.1) is 11.4 Å². The lowest BCUT2D eigenvalue weighted by molar-refractivity contribution is 1.33. The molecule has 0 atom stereocenters. The van der Waals surface area contributed by atoms with Crippen LogP contribution in [0.15, 0.2) is 64.6 Å². The van der Waals surface area contributed by atoms with Gasteiger partial charge in [0.15, 0.2) is 0 Å². The molecule has 0 aromatic heterocycles. The summed E-state index contributed by atoms with van der Waals surface area (Å²) >= 11 is 0. The van der Waals surface area contributed by atoms with E-state index < -0.39 is 0 Å². The van der Waals surface area contributed by atoms with E-state index in [0.717, 1.165) is 16.9 Å². The quantitative estimate of drug-likeness (QED) is 0.464. The van der Waals surface area contributed by atoms with E-state index in [1.165, 1.54) is 33.4 Å². The lowest BCUT2D eigenvalue weighted by Gasteiger charge is -2.07. The molecule has 0 unspecified atom stereocenters. The third-order valence-corrected chi connectivity index (χ3v) is 4.83. The molecule has 0 N–H and O–H groups in total. The van der Waals surface area contributed by atoms with Gasteiger partial charge in [-0.2, -0.15) is 0 Å². The molecule has 136 valence electrons. The summed E-state index contributed by atoms with van der Waals surface area (Å²) in [5.41, 5.74) is 10.2. The summed E-state index contributed by atoms with van der Waals surface area (Å²) in [7, 11) is 0. The minimum absolute atomic E-state index is 0.929. The third kappa shape index (κ3) is 4.40. The standard InChI is InChI=1S/C25H26N2/c1-17-12-13-24(26-16-23-18(2)8-6-9-19(23)3)22(14-17)15-27-25-20(4)10-7-11-21(25)5/h6-16H,1-5H3. The second-order valence-electron chi connectivity index (χ2n) is 7.12. The molecule has 0 amide bonds. The highest BCUT2D eigenvalue weighted by molar-refractivity contribution is 5.92. The highest BCUT2D eigenvalue weighted by Gasteiger charge is 2.03. The van der Waals surface area contributed by atoms with Crippen molar-refractivity contribution >= 4 is 23.8 Å². The first kappa shape index (κ1) is 18.8. The minimum atomic E-state index is 0.929. The van der Waals surface area contributed by atoms with Crippen LogP contribution in [0.1, 0.15) is 38.9 Å². The van der Waals surface area contributed by atoms with E-state index in [4.69, 9.17) is 9.98 Å². The van der Waals surface area contributed by atoms with Gasteiger partial charge in [0, 0.05) is 18.0 Å². The Bertz CT molecular complexity index is 986. The zero-order chi connectivity index (χ0) is 19.4. The molecule has 27 heavy (non-hydrogen) atoms. The van der Waals surface area contributed by atoms with Gasteiger partial charge < -0.3 is 0 Å². The molecule has 0 radical (unpaired) electrons. The van der Waals surface area contributed by atoms with E-state index in [-0.39, 0.29) is 0 Å². The van der Waals surface area contributed by atoms with Crippen LogP contribution in [-0.2, 0) is 0 Å². The molecule has 0 heterocycles. The van der Waals surface area contributed by atoms with Gasteiger partial charge in [-0.3, -0.25) is 9.98 Å². The van der Waals surface area contributed by atoms with Crippen LogP contribution in [0, 0.1) is 34.6 Å². The first-order valence-electron chi connectivity index (χ1n) is 9.27. The number of hydrogen-bond donors (Lipinski definition) is 0. The number of aliphatic imine (C=N–C) groups is 2. The second-order valence-corrected chi connectivity index (χ2v) is 7.12. The minimum Gasteiger partial charge on any atom is -0.256 e. The van der Waals surface area contributed by atoms with Crippen molar-refractivity contribution in [3.05, 3.63) is 93.5 Å². The number of hydrogen-bond acceptors (Lipinski definition) is 2. The summed E-state index contributed by atoms with van der Waals surface area (Å²) in [5, 5.41) is 0. The molecule has 0 saturated heterocycles. The normalized spacial score (nSPS) is 11.6. The van der Waals surface area contributed by atoms with Crippen LogP contribution in [0.2, 0.25) is 0 Å². The summed E-state index contributed by atoms with van der Waals surface area (Å²) in [6.07, 6.45) is 3.89. The van der Waals surface area contributed by atoms with Crippen molar-refractivity contribution in [2.24, 2.45) is 9.98 Å². The van der Waals surface area contributed by atoms with Crippen molar-refractivity contribution in [3.8, 4) is 0 Å². The molecule has 0 bridgehead atoms. The number of nitrogens with zero attached hydrogens (tertiary/aromatic N) is 2. The summed E-state index contributed by atoms with van der Waals surface area (Å²) in [6.45, 7) is 10.5. The lowest BCUT2D eigenvalue weighted by atomic mass is 10.0. The van der Waals surface area contributed by atoms with Crippen molar-refractivity contribution < 1.29 is 0 Å². The Kier molecular flexibility index (Phi) is 5.66. The largest absolute Gasteiger partial charge is 0.256 e. The van der Waals surface area contributed by atoms with Crippen molar-refractivity contribution in [2.75, 3.05) is 0 Å². The van der Waals surface area contributed by atoms with Crippen LogP contribution in [0.4, 0.5) is 11.4 Å².